The monoisotopic (exact) mass is 570 g/mol. The Bertz CT molecular complexity index is 752. The van der Waals surface area contributed by atoms with Crippen molar-refractivity contribution in [3.05, 3.63) is 54.1 Å². The summed E-state index contributed by atoms with van der Waals surface area (Å²) in [7, 11) is 1.60. The molecule has 5 nitrogen and oxygen atoms in total. The van der Waals surface area contributed by atoms with Gasteiger partial charge in [-0.3, -0.25) is 4.79 Å². The number of hydrogen-bond acceptors (Lipinski definition) is 4. The predicted molar refractivity (Wildman–Crippen MR) is 111 cm³/mol. The molecule has 0 aliphatic rings. The van der Waals surface area contributed by atoms with Crippen LogP contribution in [0.4, 0.5) is 0 Å². The van der Waals surface area contributed by atoms with Crippen molar-refractivity contribution in [2.24, 2.45) is 5.10 Å². The zero-order chi connectivity index (χ0) is 17.5. The van der Waals surface area contributed by atoms with E-state index < -0.39 is 0 Å². The van der Waals surface area contributed by atoms with Crippen molar-refractivity contribution in [2.75, 3.05) is 13.7 Å². The van der Waals surface area contributed by atoms with Gasteiger partial charge in [-0.25, -0.2) is 5.43 Å². The van der Waals surface area contributed by atoms with Gasteiger partial charge in [-0.2, -0.15) is 5.10 Å². The van der Waals surface area contributed by atoms with Gasteiger partial charge >= 0.3 is 0 Å². The first kappa shape index (κ1) is 19.3. The number of hydrazone groups is 1. The summed E-state index contributed by atoms with van der Waals surface area (Å²) in [6.45, 7) is -0.139. The molecule has 0 spiro atoms. The van der Waals surface area contributed by atoms with Crippen LogP contribution in [0.25, 0.3) is 0 Å². The van der Waals surface area contributed by atoms with Crippen molar-refractivity contribution in [3.63, 3.8) is 0 Å². The lowest BCUT2D eigenvalue weighted by Gasteiger charge is -2.08. The summed E-state index contributed by atoms with van der Waals surface area (Å²) in [6.07, 6.45) is 1.54. The topological polar surface area (TPSA) is 59.9 Å². The Morgan fingerprint density at radius 1 is 1.29 bits per heavy atom. The Balaban J connectivity index is 1.91. The molecule has 0 saturated heterocycles. The number of hydrogen-bond donors (Lipinski definition) is 1. The Morgan fingerprint density at radius 3 is 2.67 bits per heavy atom. The van der Waals surface area contributed by atoms with Crippen LogP contribution >= 0.6 is 56.8 Å². The maximum atomic E-state index is 11.8. The third-order valence-corrected chi connectivity index (χ3v) is 4.49. The van der Waals surface area contributed by atoms with Crippen LogP contribution in [-0.4, -0.2) is 25.8 Å². The van der Waals surface area contributed by atoms with Crippen LogP contribution in [0.5, 0.6) is 11.5 Å². The number of methoxy groups -OCH3 is 1. The molecule has 126 valence electrons. The van der Waals surface area contributed by atoms with E-state index in [-0.39, 0.29) is 12.5 Å². The minimum atomic E-state index is -0.361. The molecule has 0 aliphatic carbocycles. The van der Waals surface area contributed by atoms with E-state index in [9.17, 15) is 4.79 Å². The first-order chi connectivity index (χ1) is 11.5. The highest BCUT2D eigenvalue weighted by Crippen LogP contribution is 2.26. The molecule has 0 aromatic heterocycles. The van der Waals surface area contributed by atoms with Gasteiger partial charge < -0.3 is 9.47 Å². The highest BCUT2D eigenvalue weighted by Gasteiger charge is 2.08. The van der Waals surface area contributed by atoms with Gasteiger partial charge in [0, 0.05) is 14.2 Å². The van der Waals surface area contributed by atoms with Crippen LogP contribution in [-0.2, 0) is 4.79 Å². The van der Waals surface area contributed by atoms with E-state index in [1.54, 1.807) is 37.6 Å². The number of nitrogens with one attached hydrogen (secondary N) is 1. The maximum Gasteiger partial charge on any atom is 0.277 e. The molecule has 0 bridgehead atoms. The molecule has 24 heavy (non-hydrogen) atoms. The predicted octanol–water partition coefficient (Wildman–Crippen LogP) is 4.09. The Labute approximate surface area is 172 Å². The van der Waals surface area contributed by atoms with E-state index >= 15 is 0 Å². The van der Waals surface area contributed by atoms with E-state index in [2.05, 4.69) is 55.7 Å². The number of carbonyl (C=O) groups is 1. The largest absolute Gasteiger partial charge is 0.495 e. The van der Waals surface area contributed by atoms with E-state index in [4.69, 9.17) is 21.1 Å². The van der Waals surface area contributed by atoms with Gasteiger partial charge in [0.25, 0.3) is 5.91 Å². The van der Waals surface area contributed by atoms with Gasteiger partial charge in [0.15, 0.2) is 6.61 Å². The normalized spacial score (nSPS) is 10.7. The van der Waals surface area contributed by atoms with Gasteiger partial charge in [0.1, 0.15) is 11.5 Å². The summed E-state index contributed by atoms with van der Waals surface area (Å²) < 4.78 is 12.7. The molecule has 0 heterocycles. The van der Waals surface area contributed by atoms with Crippen molar-refractivity contribution in [2.45, 2.75) is 0 Å². The fraction of sp³-hybridized carbons (Fsp3) is 0.125. The molecular weight excluding hydrogens is 557 g/mol. The van der Waals surface area contributed by atoms with E-state index in [1.165, 1.54) is 0 Å². The number of halogens is 3. The minimum absolute atomic E-state index is 0.139. The zero-order valence-corrected chi connectivity index (χ0v) is 17.6. The molecular formula is C16H13ClI2N2O3. The first-order valence-corrected chi connectivity index (χ1v) is 9.26. The molecule has 1 amide bonds. The highest BCUT2D eigenvalue weighted by atomic mass is 127. The van der Waals surface area contributed by atoms with Crippen LogP contribution < -0.4 is 14.9 Å². The third-order valence-electron chi connectivity index (χ3n) is 2.82. The van der Waals surface area contributed by atoms with Crippen LogP contribution in [0.2, 0.25) is 5.02 Å². The molecule has 0 saturated carbocycles. The van der Waals surface area contributed by atoms with Crippen molar-refractivity contribution in [1.82, 2.24) is 5.43 Å². The molecule has 0 aliphatic heterocycles. The Kier molecular flexibility index (Phi) is 7.56. The van der Waals surface area contributed by atoms with E-state index in [1.807, 2.05) is 12.1 Å². The number of nitrogens with zero attached hydrogens (tertiary/aromatic N) is 1. The first-order valence-electron chi connectivity index (χ1n) is 6.73. The molecule has 0 unspecified atom stereocenters. The fourth-order valence-corrected chi connectivity index (χ4v) is 4.01. The maximum absolute atomic E-state index is 11.8. The summed E-state index contributed by atoms with van der Waals surface area (Å²) in [6, 6.07) is 10.7. The smallest absolute Gasteiger partial charge is 0.277 e. The number of carbonyl (C=O) groups excluding carboxylic acids is 1. The lowest BCUT2D eigenvalue weighted by molar-refractivity contribution is -0.123. The zero-order valence-electron chi connectivity index (χ0n) is 12.6. The molecule has 0 fully saturated rings. The summed E-state index contributed by atoms with van der Waals surface area (Å²) in [5.74, 6) is 0.916. The summed E-state index contributed by atoms with van der Waals surface area (Å²) in [5, 5.41) is 4.56. The number of benzene rings is 2. The van der Waals surface area contributed by atoms with E-state index in [0.29, 0.717) is 16.5 Å². The number of rotatable bonds is 6. The van der Waals surface area contributed by atoms with Crippen LogP contribution in [0, 0.1) is 7.14 Å². The van der Waals surface area contributed by atoms with Gasteiger partial charge in [-0.05, 0) is 81.6 Å². The molecule has 8 heteroatoms. The average Bonchev–Trinajstić information content (AvgIpc) is 2.54. The van der Waals surface area contributed by atoms with Crippen molar-refractivity contribution in [1.29, 1.82) is 0 Å². The van der Waals surface area contributed by atoms with Crippen LogP contribution in [0.15, 0.2) is 41.5 Å². The third kappa shape index (κ3) is 5.78. The molecule has 2 rings (SSSR count). The lowest BCUT2D eigenvalue weighted by Crippen LogP contribution is -2.24. The second-order valence-electron chi connectivity index (χ2n) is 4.55. The van der Waals surface area contributed by atoms with Crippen molar-refractivity contribution >= 4 is 68.9 Å². The average molecular weight is 571 g/mol. The van der Waals surface area contributed by atoms with Gasteiger partial charge in [0.2, 0.25) is 0 Å². The quantitative estimate of drug-likeness (QED) is 0.324. The van der Waals surface area contributed by atoms with Gasteiger partial charge in [-0.15, -0.1) is 0 Å². The standard InChI is InChI=1S/C16H13ClI2N2O3/c1-23-16-10(6-12(18)7-14(16)19)8-20-21-15(22)9-24-13-4-2-11(17)3-5-13/h2-8H,9H2,1H3,(H,21,22)/b20-8+. The summed E-state index contributed by atoms with van der Waals surface area (Å²) in [4.78, 5) is 11.8. The molecule has 0 atom stereocenters. The van der Waals surface area contributed by atoms with Gasteiger partial charge in [-0.1, -0.05) is 11.6 Å². The number of amides is 1. The minimum Gasteiger partial charge on any atom is -0.495 e. The van der Waals surface area contributed by atoms with E-state index in [0.717, 1.165) is 12.7 Å². The summed E-state index contributed by atoms with van der Waals surface area (Å²) >= 11 is 10.2. The van der Waals surface area contributed by atoms with Crippen molar-refractivity contribution in [3.8, 4) is 11.5 Å². The van der Waals surface area contributed by atoms with Gasteiger partial charge in [0.05, 0.1) is 16.9 Å². The van der Waals surface area contributed by atoms with Crippen LogP contribution in [0.1, 0.15) is 5.56 Å². The Hall–Kier alpha value is -1.07. The summed E-state index contributed by atoms with van der Waals surface area (Å²) in [5.41, 5.74) is 3.21. The highest BCUT2D eigenvalue weighted by molar-refractivity contribution is 14.1. The molecule has 2 aromatic carbocycles. The Morgan fingerprint density at radius 2 is 2.00 bits per heavy atom. The lowest BCUT2D eigenvalue weighted by atomic mass is 10.2. The molecule has 2 aromatic rings. The molecule has 1 N–H and O–H groups in total. The van der Waals surface area contributed by atoms with Crippen molar-refractivity contribution < 1.29 is 14.3 Å². The SMILES string of the molecule is COc1c(I)cc(I)cc1/C=N/NC(=O)COc1ccc(Cl)cc1. The van der Waals surface area contributed by atoms with Crippen LogP contribution in [0.3, 0.4) is 0 Å². The second kappa shape index (κ2) is 9.42. The second-order valence-corrected chi connectivity index (χ2v) is 7.39. The molecule has 0 radical (unpaired) electrons. The number of ether oxygens (including phenoxy) is 2. The fourth-order valence-electron chi connectivity index (χ4n) is 1.78.